The fourth-order valence-corrected chi connectivity index (χ4v) is 2.74. The molecule has 1 fully saturated rings. The molecule has 1 aliphatic heterocycles. The van der Waals surface area contributed by atoms with Gasteiger partial charge >= 0.3 is 0 Å². The van der Waals surface area contributed by atoms with Gasteiger partial charge in [-0.1, -0.05) is 12.1 Å². The lowest BCUT2D eigenvalue weighted by Gasteiger charge is -2.16. The number of aromatic nitrogens is 1. The van der Waals surface area contributed by atoms with Crippen LogP contribution in [0.1, 0.15) is 17.5 Å². The predicted octanol–water partition coefficient (Wildman–Crippen LogP) is 1.89. The number of nitrogens with one attached hydrogen (secondary N) is 1. The Balaban J connectivity index is 1.53. The highest BCUT2D eigenvalue weighted by Gasteiger charge is 2.34. The van der Waals surface area contributed by atoms with Crippen LogP contribution >= 0.6 is 0 Å². The highest BCUT2D eigenvalue weighted by Crippen LogP contribution is 2.20. The molecule has 6 heteroatoms. The maximum Gasteiger partial charge on any atom is 0.225 e. The van der Waals surface area contributed by atoms with Crippen LogP contribution in [0.2, 0.25) is 0 Å². The number of nitrogens with zero attached hydrogens (tertiary/aromatic N) is 2. The Hall–Kier alpha value is -2.76. The van der Waals surface area contributed by atoms with Crippen molar-refractivity contribution in [2.45, 2.75) is 19.5 Å². The first-order valence-electron chi connectivity index (χ1n) is 7.80. The molecule has 1 atom stereocenters. The van der Waals surface area contributed by atoms with Gasteiger partial charge < -0.3 is 10.2 Å². The molecule has 2 amide bonds. The van der Waals surface area contributed by atoms with Crippen LogP contribution in [-0.2, 0) is 22.7 Å². The number of pyridine rings is 1. The van der Waals surface area contributed by atoms with Gasteiger partial charge in [0.05, 0.1) is 5.92 Å². The van der Waals surface area contributed by atoms with Crippen LogP contribution in [0.3, 0.4) is 0 Å². The van der Waals surface area contributed by atoms with E-state index in [0.29, 0.717) is 19.6 Å². The van der Waals surface area contributed by atoms with Crippen molar-refractivity contribution < 1.29 is 14.0 Å². The summed E-state index contributed by atoms with van der Waals surface area (Å²) < 4.78 is 12.9. The molecule has 2 heterocycles. The minimum absolute atomic E-state index is 0.0524. The molecule has 0 aliphatic carbocycles. The first-order valence-corrected chi connectivity index (χ1v) is 7.80. The summed E-state index contributed by atoms with van der Waals surface area (Å²) in [6.07, 6.45) is 3.55. The van der Waals surface area contributed by atoms with Crippen molar-refractivity contribution in [3.63, 3.8) is 0 Å². The Labute approximate surface area is 139 Å². The number of benzene rings is 1. The average Bonchev–Trinajstić information content (AvgIpc) is 2.96. The molecule has 1 aromatic heterocycles. The van der Waals surface area contributed by atoms with E-state index in [-0.39, 0.29) is 30.0 Å². The number of likely N-dealkylation sites (tertiary alicyclic amines) is 1. The van der Waals surface area contributed by atoms with Crippen molar-refractivity contribution in [1.29, 1.82) is 0 Å². The average molecular weight is 327 g/mol. The highest BCUT2D eigenvalue weighted by molar-refractivity contribution is 5.89. The first kappa shape index (κ1) is 16.1. The van der Waals surface area contributed by atoms with Crippen molar-refractivity contribution >= 4 is 11.8 Å². The van der Waals surface area contributed by atoms with Gasteiger partial charge in [-0.2, -0.15) is 0 Å². The zero-order chi connectivity index (χ0) is 16.9. The lowest BCUT2D eigenvalue weighted by molar-refractivity contribution is -0.129. The monoisotopic (exact) mass is 327 g/mol. The van der Waals surface area contributed by atoms with E-state index in [2.05, 4.69) is 10.3 Å². The van der Waals surface area contributed by atoms with Crippen molar-refractivity contribution in [3.05, 3.63) is 65.7 Å². The molecule has 0 saturated carbocycles. The van der Waals surface area contributed by atoms with E-state index in [1.54, 1.807) is 29.4 Å². The summed E-state index contributed by atoms with van der Waals surface area (Å²) in [6.45, 7) is 1.20. The number of carbonyl (C=O) groups is 2. The van der Waals surface area contributed by atoms with Gasteiger partial charge in [0.2, 0.25) is 11.8 Å². The van der Waals surface area contributed by atoms with Gasteiger partial charge in [0.1, 0.15) is 5.82 Å². The third-order valence-electron chi connectivity index (χ3n) is 4.09. The van der Waals surface area contributed by atoms with Gasteiger partial charge in [0, 0.05) is 38.4 Å². The van der Waals surface area contributed by atoms with Gasteiger partial charge in [-0.15, -0.1) is 0 Å². The van der Waals surface area contributed by atoms with Crippen LogP contribution in [0.25, 0.3) is 0 Å². The van der Waals surface area contributed by atoms with Crippen LogP contribution in [-0.4, -0.2) is 28.2 Å². The molecule has 0 bridgehead atoms. The number of hydrogen-bond donors (Lipinski definition) is 1. The third-order valence-corrected chi connectivity index (χ3v) is 4.09. The van der Waals surface area contributed by atoms with Crippen LogP contribution in [0.5, 0.6) is 0 Å². The molecule has 1 saturated heterocycles. The van der Waals surface area contributed by atoms with Gasteiger partial charge in [-0.3, -0.25) is 14.6 Å². The summed E-state index contributed by atoms with van der Waals surface area (Å²) in [4.78, 5) is 29.9. The molecule has 1 aromatic carbocycles. The van der Waals surface area contributed by atoms with Gasteiger partial charge in [0.15, 0.2) is 0 Å². The van der Waals surface area contributed by atoms with Gasteiger partial charge in [-0.05, 0) is 35.4 Å². The van der Waals surface area contributed by atoms with E-state index in [4.69, 9.17) is 0 Å². The number of carbonyl (C=O) groups excluding carboxylic acids is 2. The maximum atomic E-state index is 12.9. The smallest absolute Gasteiger partial charge is 0.225 e. The summed E-state index contributed by atoms with van der Waals surface area (Å²) in [6, 6.07) is 9.71. The summed E-state index contributed by atoms with van der Waals surface area (Å²) >= 11 is 0. The van der Waals surface area contributed by atoms with Crippen molar-refractivity contribution in [3.8, 4) is 0 Å². The summed E-state index contributed by atoms with van der Waals surface area (Å²) in [5, 5.41) is 2.86. The molecule has 1 N–H and O–H groups in total. The molecule has 1 aliphatic rings. The second-order valence-electron chi connectivity index (χ2n) is 5.88. The zero-order valence-corrected chi connectivity index (χ0v) is 13.1. The molecule has 0 radical (unpaired) electrons. The Bertz CT molecular complexity index is 719. The number of rotatable bonds is 5. The molecular formula is C18H18FN3O2. The minimum atomic E-state index is -0.347. The van der Waals surface area contributed by atoms with Gasteiger partial charge in [0.25, 0.3) is 0 Å². The number of halogens is 1. The van der Waals surface area contributed by atoms with Crippen molar-refractivity contribution in [2.75, 3.05) is 6.54 Å². The lowest BCUT2D eigenvalue weighted by Crippen LogP contribution is -2.32. The quantitative estimate of drug-likeness (QED) is 0.912. The van der Waals surface area contributed by atoms with E-state index in [9.17, 15) is 14.0 Å². The molecule has 0 spiro atoms. The Kier molecular flexibility index (Phi) is 4.84. The molecule has 3 rings (SSSR count). The van der Waals surface area contributed by atoms with Crippen LogP contribution in [0, 0.1) is 11.7 Å². The van der Waals surface area contributed by atoms with Gasteiger partial charge in [-0.25, -0.2) is 4.39 Å². The SMILES string of the molecule is O=C(NCc1ccncc1)[C@@H]1CC(=O)N(Cc2ccc(F)cc2)C1. The largest absolute Gasteiger partial charge is 0.352 e. The van der Waals surface area contributed by atoms with E-state index in [1.165, 1.54) is 12.1 Å². The standard InChI is InChI=1S/C18H18FN3O2/c19-16-3-1-14(2-4-16)11-22-12-15(9-17(22)23)18(24)21-10-13-5-7-20-8-6-13/h1-8,15H,9-12H2,(H,21,24)/t15-/m1/s1. The Morgan fingerprint density at radius 2 is 1.88 bits per heavy atom. The van der Waals surface area contributed by atoms with Crippen LogP contribution in [0.15, 0.2) is 48.8 Å². The van der Waals surface area contributed by atoms with E-state index < -0.39 is 0 Å². The van der Waals surface area contributed by atoms with Crippen molar-refractivity contribution in [1.82, 2.24) is 15.2 Å². The topological polar surface area (TPSA) is 62.3 Å². The van der Waals surface area contributed by atoms with E-state index in [0.717, 1.165) is 11.1 Å². The second-order valence-corrected chi connectivity index (χ2v) is 5.88. The lowest BCUT2D eigenvalue weighted by atomic mass is 10.1. The summed E-state index contributed by atoms with van der Waals surface area (Å²) in [5.41, 5.74) is 1.81. The molecule has 2 aromatic rings. The first-order chi connectivity index (χ1) is 11.6. The van der Waals surface area contributed by atoms with Crippen LogP contribution < -0.4 is 5.32 Å². The number of hydrogen-bond acceptors (Lipinski definition) is 3. The molecule has 5 nitrogen and oxygen atoms in total. The Morgan fingerprint density at radius 1 is 1.17 bits per heavy atom. The van der Waals surface area contributed by atoms with E-state index >= 15 is 0 Å². The zero-order valence-electron chi connectivity index (χ0n) is 13.1. The minimum Gasteiger partial charge on any atom is -0.352 e. The van der Waals surface area contributed by atoms with Crippen LogP contribution in [0.4, 0.5) is 4.39 Å². The molecular weight excluding hydrogens is 309 g/mol. The van der Waals surface area contributed by atoms with E-state index in [1.807, 2.05) is 12.1 Å². The predicted molar refractivity (Wildman–Crippen MR) is 86.0 cm³/mol. The Morgan fingerprint density at radius 3 is 2.58 bits per heavy atom. The highest BCUT2D eigenvalue weighted by atomic mass is 19.1. The fraction of sp³-hybridized carbons (Fsp3) is 0.278. The fourth-order valence-electron chi connectivity index (χ4n) is 2.74. The summed E-state index contributed by atoms with van der Waals surface area (Å²) in [7, 11) is 0. The summed E-state index contributed by atoms with van der Waals surface area (Å²) in [5.74, 6) is -0.829. The molecule has 24 heavy (non-hydrogen) atoms. The van der Waals surface area contributed by atoms with Crippen molar-refractivity contribution in [2.24, 2.45) is 5.92 Å². The third kappa shape index (κ3) is 3.95. The number of amides is 2. The maximum absolute atomic E-state index is 12.9. The normalized spacial score (nSPS) is 17.1. The molecule has 124 valence electrons. The molecule has 0 unspecified atom stereocenters. The second kappa shape index (κ2) is 7.21.